The summed E-state index contributed by atoms with van der Waals surface area (Å²) in [5.41, 5.74) is 5.06. The number of urea groups is 1. The van der Waals surface area contributed by atoms with Crippen LogP contribution in [0, 0.1) is 17.8 Å². The average molecular weight is 525 g/mol. The quantitative estimate of drug-likeness (QED) is 0.160. The summed E-state index contributed by atoms with van der Waals surface area (Å²) in [4.78, 5) is 72.9. The number of rotatable bonds is 19. The number of Topliss-reactive ketones (excluding diaryl/α,β-unsaturated/α-hetero) is 2. The Morgan fingerprint density at radius 2 is 1.59 bits per heavy atom. The lowest BCUT2D eigenvalue weighted by atomic mass is 9.84. The summed E-state index contributed by atoms with van der Waals surface area (Å²) in [5, 5.41) is 5.17. The largest absolute Gasteiger partial charge is 0.377 e. The van der Waals surface area contributed by atoms with Gasteiger partial charge in [-0.1, -0.05) is 27.7 Å². The molecule has 4 N–H and O–H groups in total. The zero-order valence-electron chi connectivity index (χ0n) is 22.1. The van der Waals surface area contributed by atoms with Gasteiger partial charge in [-0.05, 0) is 18.8 Å². The second-order valence-electron chi connectivity index (χ2n) is 9.47. The summed E-state index contributed by atoms with van der Waals surface area (Å²) in [5.74, 6) is -2.48. The highest BCUT2D eigenvalue weighted by Gasteiger charge is 2.30. The van der Waals surface area contributed by atoms with Gasteiger partial charge in [0.2, 0.25) is 5.91 Å². The van der Waals surface area contributed by atoms with E-state index >= 15 is 0 Å². The number of hydrogen-bond donors (Lipinski definition) is 3. The number of nitrogens with one attached hydrogen (secondary N) is 2. The molecule has 0 aromatic rings. The second kappa shape index (κ2) is 16.6. The van der Waals surface area contributed by atoms with Crippen LogP contribution in [0.4, 0.5) is 4.79 Å². The van der Waals surface area contributed by atoms with Gasteiger partial charge in [0.25, 0.3) is 11.8 Å². The second-order valence-corrected chi connectivity index (χ2v) is 9.47. The molecule has 1 heterocycles. The molecule has 37 heavy (non-hydrogen) atoms. The maximum absolute atomic E-state index is 13.0. The topological polar surface area (TPSA) is 174 Å². The van der Waals surface area contributed by atoms with Gasteiger partial charge in [0.05, 0.1) is 32.4 Å². The molecule has 0 saturated heterocycles. The number of nitrogens with two attached hydrogens (primary N) is 1. The smallest absolute Gasteiger partial charge is 0.312 e. The zero-order chi connectivity index (χ0) is 28.0. The van der Waals surface area contributed by atoms with Crippen molar-refractivity contribution in [3.8, 4) is 0 Å². The van der Waals surface area contributed by atoms with Crippen LogP contribution >= 0.6 is 0 Å². The minimum Gasteiger partial charge on any atom is -0.377 e. The molecule has 208 valence electrons. The van der Waals surface area contributed by atoms with Crippen molar-refractivity contribution >= 4 is 35.3 Å². The molecular weight excluding hydrogens is 484 g/mol. The molecule has 2 atom stereocenters. The van der Waals surface area contributed by atoms with E-state index in [0.29, 0.717) is 19.4 Å². The van der Waals surface area contributed by atoms with Crippen LogP contribution in [0.25, 0.3) is 0 Å². The van der Waals surface area contributed by atoms with Crippen molar-refractivity contribution in [3.63, 3.8) is 0 Å². The fourth-order valence-electron chi connectivity index (χ4n) is 3.77. The molecule has 0 aromatic carbocycles. The molecule has 0 aliphatic carbocycles. The number of ether oxygens (including phenoxy) is 2. The summed E-state index contributed by atoms with van der Waals surface area (Å²) < 4.78 is 10.6. The summed E-state index contributed by atoms with van der Waals surface area (Å²) in [6, 6.07) is -1.42. The van der Waals surface area contributed by atoms with Gasteiger partial charge in [-0.2, -0.15) is 0 Å². The van der Waals surface area contributed by atoms with E-state index in [0.717, 1.165) is 4.90 Å². The average Bonchev–Trinajstić information content (AvgIpc) is 3.14. The van der Waals surface area contributed by atoms with Crippen LogP contribution in [-0.2, 0) is 33.4 Å². The normalized spacial score (nSPS) is 14.8. The number of amides is 5. The van der Waals surface area contributed by atoms with Crippen molar-refractivity contribution in [1.82, 2.24) is 15.5 Å². The highest BCUT2D eigenvalue weighted by molar-refractivity contribution is 6.12. The maximum atomic E-state index is 13.0. The molecule has 0 fully saturated rings. The standard InChI is InChI=1S/C25H40N4O8/c1-16(2)23(19(30)14-18(24(34)17(3)4)6-5-9-27-25(26)35)28-20(31)15-37-13-12-36-11-10-29-21(32)7-8-22(29)33/h7-8,16-18,23H,5-6,9-15H2,1-4H3,(H,28,31)(H3,26,27,35)/t18-,23+/m1/s1. The molecule has 0 radical (unpaired) electrons. The van der Waals surface area contributed by atoms with Gasteiger partial charge >= 0.3 is 6.03 Å². The minimum absolute atomic E-state index is 0.0110. The first-order chi connectivity index (χ1) is 17.4. The molecule has 5 amide bonds. The molecule has 0 aromatic heterocycles. The van der Waals surface area contributed by atoms with E-state index in [-0.39, 0.29) is 74.6 Å². The Labute approximate surface area is 217 Å². The molecule has 0 unspecified atom stereocenters. The fourth-order valence-corrected chi connectivity index (χ4v) is 3.77. The van der Waals surface area contributed by atoms with Gasteiger partial charge in [0.15, 0.2) is 5.78 Å². The Balaban J connectivity index is 2.43. The number of hydrogen-bond acceptors (Lipinski definition) is 8. The zero-order valence-corrected chi connectivity index (χ0v) is 22.1. The van der Waals surface area contributed by atoms with Gasteiger partial charge in [-0.25, -0.2) is 4.79 Å². The first kappa shape index (κ1) is 31.9. The molecule has 1 aliphatic rings. The van der Waals surface area contributed by atoms with Crippen LogP contribution < -0.4 is 16.4 Å². The third-order valence-electron chi connectivity index (χ3n) is 5.74. The summed E-state index contributed by atoms with van der Waals surface area (Å²) in [7, 11) is 0. The summed E-state index contributed by atoms with van der Waals surface area (Å²) >= 11 is 0. The highest BCUT2D eigenvalue weighted by Crippen LogP contribution is 2.20. The first-order valence-electron chi connectivity index (χ1n) is 12.5. The molecule has 0 saturated carbocycles. The predicted octanol–water partition coefficient (Wildman–Crippen LogP) is 0.334. The van der Waals surface area contributed by atoms with Crippen LogP contribution in [0.2, 0.25) is 0 Å². The van der Waals surface area contributed by atoms with E-state index in [9.17, 15) is 28.8 Å². The van der Waals surface area contributed by atoms with E-state index < -0.39 is 23.9 Å². The Hall–Kier alpha value is -3.12. The predicted molar refractivity (Wildman–Crippen MR) is 134 cm³/mol. The first-order valence-corrected chi connectivity index (χ1v) is 12.5. The van der Waals surface area contributed by atoms with Crippen molar-refractivity contribution in [3.05, 3.63) is 12.2 Å². The lowest BCUT2D eigenvalue weighted by Gasteiger charge is -2.24. The number of ketones is 2. The van der Waals surface area contributed by atoms with E-state index in [1.54, 1.807) is 27.7 Å². The SMILES string of the molecule is CC(C)C(=O)[C@H](CCCNC(N)=O)CC(=O)[C@@H](NC(=O)COCCOCCN1C(=O)C=CC1=O)C(C)C. The van der Waals surface area contributed by atoms with Gasteiger partial charge in [0, 0.05) is 37.0 Å². The molecule has 1 aliphatic heterocycles. The van der Waals surface area contributed by atoms with E-state index in [1.165, 1.54) is 12.2 Å². The van der Waals surface area contributed by atoms with Crippen molar-refractivity contribution < 1.29 is 38.2 Å². The Morgan fingerprint density at radius 1 is 0.973 bits per heavy atom. The van der Waals surface area contributed by atoms with Crippen molar-refractivity contribution in [2.75, 3.05) is 39.5 Å². The van der Waals surface area contributed by atoms with Crippen molar-refractivity contribution in [1.29, 1.82) is 0 Å². The Kier molecular flexibility index (Phi) is 14.3. The summed E-state index contributed by atoms with van der Waals surface area (Å²) in [6.07, 6.45) is 3.30. The number of carbonyl (C=O) groups excluding carboxylic acids is 6. The Bertz CT molecular complexity index is 838. The minimum atomic E-state index is -0.775. The van der Waals surface area contributed by atoms with Crippen molar-refractivity contribution in [2.45, 2.75) is 53.0 Å². The number of primary amides is 1. The van der Waals surface area contributed by atoms with Gasteiger partial charge in [0.1, 0.15) is 12.4 Å². The van der Waals surface area contributed by atoms with Crippen LogP contribution in [0.1, 0.15) is 47.0 Å². The number of imide groups is 1. The Morgan fingerprint density at radius 3 is 2.16 bits per heavy atom. The maximum Gasteiger partial charge on any atom is 0.312 e. The van der Waals surface area contributed by atoms with Crippen LogP contribution in [0.15, 0.2) is 12.2 Å². The van der Waals surface area contributed by atoms with Gasteiger partial charge in [-0.3, -0.25) is 28.9 Å². The van der Waals surface area contributed by atoms with Gasteiger partial charge in [-0.15, -0.1) is 0 Å². The lowest BCUT2D eigenvalue weighted by Crippen LogP contribution is -2.46. The molecule has 0 spiro atoms. The third-order valence-corrected chi connectivity index (χ3v) is 5.74. The van der Waals surface area contributed by atoms with E-state index in [2.05, 4.69) is 10.6 Å². The molecule has 12 nitrogen and oxygen atoms in total. The molecule has 1 rings (SSSR count). The number of carbonyl (C=O) groups is 6. The van der Waals surface area contributed by atoms with E-state index in [1.807, 2.05) is 0 Å². The molecule has 0 bridgehead atoms. The lowest BCUT2D eigenvalue weighted by molar-refractivity contribution is -0.138. The van der Waals surface area contributed by atoms with Crippen LogP contribution in [0.5, 0.6) is 0 Å². The van der Waals surface area contributed by atoms with Gasteiger partial charge < -0.3 is 25.8 Å². The van der Waals surface area contributed by atoms with E-state index in [4.69, 9.17) is 15.2 Å². The monoisotopic (exact) mass is 524 g/mol. The fraction of sp³-hybridized carbons (Fsp3) is 0.680. The summed E-state index contributed by atoms with van der Waals surface area (Å²) in [6.45, 7) is 7.73. The highest BCUT2D eigenvalue weighted by atomic mass is 16.5. The molecular formula is C25H40N4O8. The number of nitrogens with zero attached hydrogens (tertiary/aromatic N) is 1. The van der Waals surface area contributed by atoms with Crippen molar-refractivity contribution in [2.24, 2.45) is 23.5 Å². The third kappa shape index (κ3) is 12.1. The van der Waals surface area contributed by atoms with Crippen LogP contribution in [-0.4, -0.2) is 85.8 Å². The molecule has 12 heteroatoms. The van der Waals surface area contributed by atoms with Crippen LogP contribution in [0.3, 0.4) is 0 Å².